The smallest absolute Gasteiger partial charge is 0.329 e. The molecule has 1 atom stereocenters. The Morgan fingerprint density at radius 1 is 1.42 bits per heavy atom. The van der Waals surface area contributed by atoms with Crippen molar-refractivity contribution in [3.8, 4) is 0 Å². The number of anilines is 1. The lowest BCUT2D eigenvalue weighted by atomic mass is 9.97. The molecule has 2 amide bonds. The molecule has 3 N–H and O–H groups in total. The number of amides is 2. The largest absolute Gasteiger partial charge is 0.480 e. The van der Waals surface area contributed by atoms with Gasteiger partial charge in [-0.3, -0.25) is 0 Å². The minimum Gasteiger partial charge on any atom is -0.480 e. The first-order valence-corrected chi connectivity index (χ1v) is 7.03. The summed E-state index contributed by atoms with van der Waals surface area (Å²) in [7, 11) is 0. The molecule has 104 valence electrons. The van der Waals surface area contributed by atoms with Crippen LogP contribution in [0.3, 0.4) is 0 Å². The van der Waals surface area contributed by atoms with E-state index >= 15 is 0 Å². The van der Waals surface area contributed by atoms with Crippen molar-refractivity contribution in [1.82, 2.24) is 5.32 Å². The Balaban J connectivity index is 2.71. The molecule has 1 aromatic rings. The van der Waals surface area contributed by atoms with Crippen molar-refractivity contribution in [2.24, 2.45) is 0 Å². The molecule has 0 aliphatic heterocycles. The third kappa shape index (κ3) is 4.70. The van der Waals surface area contributed by atoms with E-state index in [1.54, 1.807) is 12.1 Å². The van der Waals surface area contributed by atoms with Crippen molar-refractivity contribution in [2.45, 2.75) is 32.2 Å². The molecule has 0 saturated heterocycles. The van der Waals surface area contributed by atoms with Crippen LogP contribution in [0.15, 0.2) is 24.3 Å². The molecule has 0 bridgehead atoms. The molecule has 0 aromatic heterocycles. The molecule has 5 nitrogen and oxygen atoms in total. The number of halogens is 1. The third-order valence-corrected chi connectivity index (χ3v) is 3.36. The van der Waals surface area contributed by atoms with Gasteiger partial charge >= 0.3 is 12.0 Å². The van der Waals surface area contributed by atoms with Crippen molar-refractivity contribution in [3.05, 3.63) is 27.8 Å². The van der Waals surface area contributed by atoms with Gasteiger partial charge in [-0.2, -0.15) is 0 Å². The van der Waals surface area contributed by atoms with E-state index in [4.69, 9.17) is 0 Å². The molecule has 0 spiro atoms. The highest BCUT2D eigenvalue weighted by atomic mass is 127. The fourth-order valence-electron chi connectivity index (χ4n) is 1.70. The van der Waals surface area contributed by atoms with E-state index in [0.29, 0.717) is 18.5 Å². The molecular weight excluding hydrogens is 359 g/mol. The van der Waals surface area contributed by atoms with Crippen molar-refractivity contribution in [2.75, 3.05) is 5.32 Å². The molecule has 0 fully saturated rings. The molecule has 0 saturated carbocycles. The minimum absolute atomic E-state index is 0.377. The Hall–Kier alpha value is -1.31. The number of urea groups is 1. The molecule has 1 aromatic carbocycles. The monoisotopic (exact) mass is 376 g/mol. The zero-order valence-electron chi connectivity index (χ0n) is 10.9. The predicted molar refractivity (Wildman–Crippen MR) is 82.3 cm³/mol. The lowest BCUT2D eigenvalue weighted by molar-refractivity contribution is -0.143. The van der Waals surface area contributed by atoms with Gasteiger partial charge in [0.2, 0.25) is 0 Å². The average Bonchev–Trinajstić information content (AvgIpc) is 2.28. The van der Waals surface area contributed by atoms with E-state index in [9.17, 15) is 14.7 Å². The highest BCUT2D eigenvalue weighted by Gasteiger charge is 2.33. The van der Waals surface area contributed by atoms with Gasteiger partial charge in [0.1, 0.15) is 5.54 Å². The zero-order valence-corrected chi connectivity index (χ0v) is 13.0. The fourth-order valence-corrected chi connectivity index (χ4v) is 2.25. The number of carboxylic acid groups (broad SMARTS) is 1. The summed E-state index contributed by atoms with van der Waals surface area (Å²) in [5.41, 5.74) is -0.616. The molecule has 0 heterocycles. The second-order valence-electron chi connectivity index (χ2n) is 4.48. The summed E-state index contributed by atoms with van der Waals surface area (Å²) in [4.78, 5) is 23.0. The maximum Gasteiger partial charge on any atom is 0.329 e. The van der Waals surface area contributed by atoms with Crippen LogP contribution in [0.1, 0.15) is 26.7 Å². The lowest BCUT2D eigenvalue weighted by Gasteiger charge is -2.25. The van der Waals surface area contributed by atoms with Gasteiger partial charge < -0.3 is 15.7 Å². The first kappa shape index (κ1) is 15.7. The van der Waals surface area contributed by atoms with Crippen LogP contribution in [0.5, 0.6) is 0 Å². The average molecular weight is 376 g/mol. The van der Waals surface area contributed by atoms with E-state index in [-0.39, 0.29) is 0 Å². The third-order valence-electron chi connectivity index (χ3n) is 2.69. The van der Waals surface area contributed by atoms with E-state index in [1.807, 2.05) is 19.1 Å². The van der Waals surface area contributed by atoms with Gasteiger partial charge in [0.25, 0.3) is 0 Å². The topological polar surface area (TPSA) is 78.4 Å². The van der Waals surface area contributed by atoms with Crippen LogP contribution in [-0.4, -0.2) is 22.6 Å². The predicted octanol–water partition coefficient (Wildman–Crippen LogP) is 3.06. The van der Waals surface area contributed by atoms with E-state index in [0.717, 1.165) is 3.57 Å². The number of carbonyl (C=O) groups excluding carboxylic acids is 1. The normalized spacial score (nSPS) is 13.4. The number of hydrogen-bond acceptors (Lipinski definition) is 2. The first-order valence-electron chi connectivity index (χ1n) is 5.95. The Kier molecular flexibility index (Phi) is 5.59. The SMILES string of the molecule is CCCC(C)(NC(=O)Nc1cccc(I)c1)C(=O)O. The van der Waals surface area contributed by atoms with Crippen LogP contribution in [0.25, 0.3) is 0 Å². The van der Waals surface area contributed by atoms with Gasteiger partial charge in [0.05, 0.1) is 0 Å². The summed E-state index contributed by atoms with van der Waals surface area (Å²) in [5.74, 6) is -1.04. The van der Waals surface area contributed by atoms with Crippen LogP contribution in [0.4, 0.5) is 10.5 Å². The quantitative estimate of drug-likeness (QED) is 0.692. The molecule has 0 aliphatic rings. The number of hydrogen-bond donors (Lipinski definition) is 3. The van der Waals surface area contributed by atoms with Crippen LogP contribution < -0.4 is 10.6 Å². The summed E-state index contributed by atoms with van der Waals surface area (Å²) in [6.45, 7) is 3.38. The number of carbonyl (C=O) groups is 2. The highest BCUT2D eigenvalue weighted by molar-refractivity contribution is 14.1. The van der Waals surface area contributed by atoms with Gasteiger partial charge in [-0.1, -0.05) is 19.4 Å². The second kappa shape index (κ2) is 6.74. The standard InChI is InChI=1S/C13H17IN2O3/c1-3-7-13(2,11(17)18)16-12(19)15-10-6-4-5-9(14)8-10/h4-6,8H,3,7H2,1-2H3,(H,17,18)(H2,15,16,19). The number of rotatable bonds is 5. The van der Waals surface area contributed by atoms with Crippen LogP contribution in [-0.2, 0) is 4.79 Å². The highest BCUT2D eigenvalue weighted by Crippen LogP contribution is 2.15. The zero-order chi connectivity index (χ0) is 14.5. The van der Waals surface area contributed by atoms with E-state index in [1.165, 1.54) is 6.92 Å². The van der Waals surface area contributed by atoms with E-state index in [2.05, 4.69) is 33.2 Å². The molecule has 1 rings (SSSR count). The first-order chi connectivity index (χ1) is 8.87. The molecular formula is C13H17IN2O3. The van der Waals surface area contributed by atoms with Gasteiger partial charge in [-0.15, -0.1) is 0 Å². The van der Waals surface area contributed by atoms with Gasteiger partial charge in [0, 0.05) is 9.26 Å². The Labute approximate surface area is 125 Å². The fraction of sp³-hybridized carbons (Fsp3) is 0.385. The maximum absolute atomic E-state index is 11.8. The summed E-state index contributed by atoms with van der Waals surface area (Å²) >= 11 is 2.14. The minimum atomic E-state index is -1.25. The van der Waals surface area contributed by atoms with Gasteiger partial charge in [-0.05, 0) is 54.1 Å². The number of carboxylic acids is 1. The van der Waals surface area contributed by atoms with Crippen molar-refractivity contribution in [3.63, 3.8) is 0 Å². The lowest BCUT2D eigenvalue weighted by Crippen LogP contribution is -2.53. The number of aliphatic carboxylic acids is 1. The Morgan fingerprint density at radius 2 is 2.11 bits per heavy atom. The van der Waals surface area contributed by atoms with E-state index < -0.39 is 17.5 Å². The molecule has 0 aliphatic carbocycles. The summed E-state index contributed by atoms with van der Waals surface area (Å²) < 4.78 is 0.991. The summed E-state index contributed by atoms with van der Waals surface area (Å²) in [5, 5.41) is 14.3. The number of nitrogens with one attached hydrogen (secondary N) is 2. The molecule has 1 unspecified atom stereocenters. The van der Waals surface area contributed by atoms with Gasteiger partial charge in [0.15, 0.2) is 0 Å². The van der Waals surface area contributed by atoms with Crippen LogP contribution in [0.2, 0.25) is 0 Å². The van der Waals surface area contributed by atoms with Crippen molar-refractivity contribution < 1.29 is 14.7 Å². The van der Waals surface area contributed by atoms with Gasteiger partial charge in [-0.25, -0.2) is 9.59 Å². The Bertz CT molecular complexity index is 479. The second-order valence-corrected chi connectivity index (χ2v) is 5.72. The molecule has 6 heteroatoms. The maximum atomic E-state index is 11.8. The Morgan fingerprint density at radius 3 is 2.63 bits per heavy atom. The molecule has 0 radical (unpaired) electrons. The van der Waals surface area contributed by atoms with Crippen LogP contribution in [0, 0.1) is 3.57 Å². The van der Waals surface area contributed by atoms with Crippen molar-refractivity contribution in [1.29, 1.82) is 0 Å². The number of benzene rings is 1. The molecule has 19 heavy (non-hydrogen) atoms. The van der Waals surface area contributed by atoms with Crippen molar-refractivity contribution >= 4 is 40.3 Å². The van der Waals surface area contributed by atoms with Crippen LogP contribution >= 0.6 is 22.6 Å². The summed E-state index contributed by atoms with van der Waals surface area (Å²) in [6, 6.07) is 6.76. The summed E-state index contributed by atoms with van der Waals surface area (Å²) in [6.07, 6.45) is 1.05.